The molecule has 0 aliphatic carbocycles. The van der Waals surface area contributed by atoms with Crippen LogP contribution in [-0.4, -0.2) is 71.3 Å². The normalized spacial score (nSPS) is 18.2. The van der Waals surface area contributed by atoms with Gasteiger partial charge in [0.05, 0.1) is 6.54 Å². The van der Waals surface area contributed by atoms with Crippen LogP contribution in [-0.2, 0) is 16.8 Å². The van der Waals surface area contributed by atoms with Gasteiger partial charge in [0.1, 0.15) is 0 Å². The van der Waals surface area contributed by atoms with Gasteiger partial charge in [-0.15, -0.1) is 0 Å². The van der Waals surface area contributed by atoms with Crippen LogP contribution in [0.3, 0.4) is 0 Å². The van der Waals surface area contributed by atoms with Crippen molar-refractivity contribution in [3.8, 4) is 0 Å². The molecule has 0 spiro atoms. The van der Waals surface area contributed by atoms with E-state index in [9.17, 15) is 8.42 Å². The molecule has 23 heavy (non-hydrogen) atoms. The fourth-order valence-electron chi connectivity index (χ4n) is 2.59. The predicted molar refractivity (Wildman–Crippen MR) is 87.1 cm³/mol. The average Bonchev–Trinajstić information content (AvgIpc) is 2.97. The Kier molecular flexibility index (Phi) is 6.12. The van der Waals surface area contributed by atoms with Gasteiger partial charge in [-0.25, -0.2) is 0 Å². The van der Waals surface area contributed by atoms with Crippen LogP contribution < -0.4 is 0 Å². The van der Waals surface area contributed by atoms with E-state index in [4.69, 9.17) is 4.52 Å². The molecule has 0 unspecified atom stereocenters. The number of rotatable bonds is 7. The summed E-state index contributed by atoms with van der Waals surface area (Å²) >= 11 is 0. The molecule has 8 nitrogen and oxygen atoms in total. The quantitative estimate of drug-likeness (QED) is 0.730. The Balaban J connectivity index is 1.90. The van der Waals surface area contributed by atoms with E-state index in [1.807, 2.05) is 27.7 Å². The van der Waals surface area contributed by atoms with Crippen LogP contribution in [0.4, 0.5) is 0 Å². The maximum Gasteiger partial charge on any atom is 0.282 e. The standard InChI is InChI=1S/C14H27N5O3S/c1-5-18(6-2)23(20,21)19-9-7-17(8-10-19)11-13-15-14(12(3)4)16-22-13/h12H,5-11H2,1-4H3. The van der Waals surface area contributed by atoms with Crippen LogP contribution in [0.25, 0.3) is 0 Å². The van der Waals surface area contributed by atoms with Crippen LogP contribution in [0, 0.1) is 0 Å². The van der Waals surface area contributed by atoms with E-state index in [-0.39, 0.29) is 5.92 Å². The highest BCUT2D eigenvalue weighted by Gasteiger charge is 2.31. The maximum absolute atomic E-state index is 12.5. The number of nitrogens with zero attached hydrogens (tertiary/aromatic N) is 5. The first kappa shape index (κ1) is 18.3. The van der Waals surface area contributed by atoms with Gasteiger partial charge < -0.3 is 4.52 Å². The highest BCUT2D eigenvalue weighted by atomic mass is 32.2. The van der Waals surface area contributed by atoms with E-state index < -0.39 is 10.2 Å². The molecule has 2 rings (SSSR count). The van der Waals surface area contributed by atoms with E-state index >= 15 is 0 Å². The van der Waals surface area contributed by atoms with Crippen molar-refractivity contribution in [1.82, 2.24) is 23.7 Å². The van der Waals surface area contributed by atoms with Crippen molar-refractivity contribution in [2.24, 2.45) is 0 Å². The molecule has 0 amide bonds. The maximum atomic E-state index is 12.5. The first-order valence-corrected chi connectivity index (χ1v) is 9.58. The molecular formula is C14H27N5O3S. The molecule has 9 heteroatoms. The van der Waals surface area contributed by atoms with Crippen LogP contribution in [0.5, 0.6) is 0 Å². The first-order chi connectivity index (χ1) is 10.9. The minimum Gasteiger partial charge on any atom is -0.338 e. The summed E-state index contributed by atoms with van der Waals surface area (Å²) in [6, 6.07) is 0. The second-order valence-electron chi connectivity index (χ2n) is 5.97. The van der Waals surface area contributed by atoms with E-state index in [1.54, 1.807) is 4.31 Å². The van der Waals surface area contributed by atoms with E-state index in [0.29, 0.717) is 57.5 Å². The molecule has 0 atom stereocenters. The number of hydrogen-bond acceptors (Lipinski definition) is 6. The molecule has 1 saturated heterocycles. The Morgan fingerprint density at radius 2 is 1.78 bits per heavy atom. The predicted octanol–water partition coefficient (Wildman–Crippen LogP) is 0.897. The van der Waals surface area contributed by atoms with Crippen LogP contribution in [0.1, 0.15) is 45.3 Å². The molecule has 0 N–H and O–H groups in total. The summed E-state index contributed by atoms with van der Waals surface area (Å²) in [7, 11) is -3.34. The van der Waals surface area contributed by atoms with Gasteiger partial charge in [-0.3, -0.25) is 4.90 Å². The van der Waals surface area contributed by atoms with Crippen molar-refractivity contribution in [2.75, 3.05) is 39.3 Å². The topological polar surface area (TPSA) is 82.8 Å². The summed E-state index contributed by atoms with van der Waals surface area (Å²) < 4.78 is 33.3. The highest BCUT2D eigenvalue weighted by Crippen LogP contribution is 2.15. The van der Waals surface area contributed by atoms with Crippen LogP contribution in [0.2, 0.25) is 0 Å². The number of aromatic nitrogens is 2. The van der Waals surface area contributed by atoms with Gasteiger partial charge in [-0.1, -0.05) is 32.9 Å². The molecule has 1 aromatic rings. The van der Waals surface area contributed by atoms with Gasteiger partial charge in [-0.2, -0.15) is 22.0 Å². The summed E-state index contributed by atoms with van der Waals surface area (Å²) in [5.41, 5.74) is 0. The molecule has 1 fully saturated rings. The molecule has 1 aliphatic heterocycles. The van der Waals surface area contributed by atoms with Gasteiger partial charge in [-0.05, 0) is 0 Å². The lowest BCUT2D eigenvalue weighted by Gasteiger charge is -2.35. The van der Waals surface area contributed by atoms with E-state index in [0.717, 1.165) is 0 Å². The molecule has 1 aromatic heterocycles. The van der Waals surface area contributed by atoms with E-state index in [1.165, 1.54) is 4.31 Å². The van der Waals surface area contributed by atoms with Gasteiger partial charge in [0.15, 0.2) is 5.82 Å². The van der Waals surface area contributed by atoms with Gasteiger partial charge in [0, 0.05) is 45.2 Å². The molecule has 132 valence electrons. The summed E-state index contributed by atoms with van der Waals surface area (Å²) in [5.74, 6) is 1.54. The summed E-state index contributed by atoms with van der Waals surface area (Å²) in [4.78, 5) is 6.51. The molecule has 0 aromatic carbocycles. The summed E-state index contributed by atoms with van der Waals surface area (Å²) in [5, 5.41) is 3.96. The lowest BCUT2D eigenvalue weighted by molar-refractivity contribution is 0.158. The smallest absolute Gasteiger partial charge is 0.282 e. The molecular weight excluding hydrogens is 318 g/mol. The minimum absolute atomic E-state index is 0.239. The zero-order chi connectivity index (χ0) is 17.0. The summed E-state index contributed by atoms with van der Waals surface area (Å²) in [6.07, 6.45) is 0. The fourth-order valence-corrected chi connectivity index (χ4v) is 4.19. The van der Waals surface area contributed by atoms with Gasteiger partial charge >= 0.3 is 0 Å². The second kappa shape index (κ2) is 7.69. The lowest BCUT2D eigenvalue weighted by atomic mass is 10.2. The largest absolute Gasteiger partial charge is 0.338 e. The third kappa shape index (κ3) is 4.28. The van der Waals surface area contributed by atoms with Crippen molar-refractivity contribution in [2.45, 2.75) is 40.2 Å². The molecule has 1 aliphatic rings. The first-order valence-electron chi connectivity index (χ1n) is 8.18. The van der Waals surface area contributed by atoms with Crippen molar-refractivity contribution >= 4 is 10.2 Å². The monoisotopic (exact) mass is 345 g/mol. The number of piperazine rings is 1. The van der Waals surface area contributed by atoms with E-state index in [2.05, 4.69) is 15.0 Å². The van der Waals surface area contributed by atoms with Crippen molar-refractivity contribution in [1.29, 1.82) is 0 Å². The van der Waals surface area contributed by atoms with Crippen molar-refractivity contribution in [3.05, 3.63) is 11.7 Å². The zero-order valence-electron chi connectivity index (χ0n) is 14.4. The second-order valence-corrected chi connectivity index (χ2v) is 7.90. The lowest BCUT2D eigenvalue weighted by Crippen LogP contribution is -2.52. The Labute approximate surface area is 138 Å². The Bertz CT molecular complexity index is 589. The van der Waals surface area contributed by atoms with Crippen LogP contribution >= 0.6 is 0 Å². The van der Waals surface area contributed by atoms with Gasteiger partial charge in [0.2, 0.25) is 5.89 Å². The number of hydrogen-bond donors (Lipinski definition) is 0. The summed E-state index contributed by atoms with van der Waals surface area (Å²) in [6.45, 7) is 11.6. The SMILES string of the molecule is CCN(CC)S(=O)(=O)N1CCN(Cc2nc(C(C)C)no2)CC1. The van der Waals surface area contributed by atoms with Gasteiger partial charge in [0.25, 0.3) is 10.2 Å². The minimum atomic E-state index is -3.34. The Morgan fingerprint density at radius 1 is 1.17 bits per heavy atom. The zero-order valence-corrected chi connectivity index (χ0v) is 15.2. The molecule has 0 saturated carbocycles. The van der Waals surface area contributed by atoms with Crippen molar-refractivity contribution < 1.29 is 12.9 Å². The average molecular weight is 345 g/mol. The molecule has 0 bridgehead atoms. The third-order valence-electron chi connectivity index (χ3n) is 4.05. The highest BCUT2D eigenvalue weighted by molar-refractivity contribution is 7.86. The Morgan fingerprint density at radius 3 is 2.26 bits per heavy atom. The molecule has 0 radical (unpaired) electrons. The molecule has 2 heterocycles. The Hall–Kier alpha value is -1.03. The van der Waals surface area contributed by atoms with Crippen LogP contribution in [0.15, 0.2) is 4.52 Å². The van der Waals surface area contributed by atoms with Crippen molar-refractivity contribution in [3.63, 3.8) is 0 Å². The third-order valence-corrected chi connectivity index (χ3v) is 6.24. The fraction of sp³-hybridized carbons (Fsp3) is 0.857.